The fourth-order valence-corrected chi connectivity index (χ4v) is 2.39. The van der Waals surface area contributed by atoms with Gasteiger partial charge in [0, 0.05) is 32.2 Å². The molecule has 17 heavy (non-hydrogen) atoms. The average molecular weight is 234 g/mol. The normalized spacial score (nSPS) is 20.4. The van der Waals surface area contributed by atoms with E-state index in [2.05, 4.69) is 23.8 Å². The Morgan fingerprint density at radius 3 is 2.47 bits per heavy atom. The van der Waals surface area contributed by atoms with Gasteiger partial charge in [-0.05, 0) is 32.0 Å². The summed E-state index contributed by atoms with van der Waals surface area (Å²) in [5.41, 5.74) is 1.05. The van der Waals surface area contributed by atoms with E-state index in [-0.39, 0.29) is 0 Å². The summed E-state index contributed by atoms with van der Waals surface area (Å²) in [5.74, 6) is 0.425. The largest absolute Gasteiger partial charge is 0.508 e. The van der Waals surface area contributed by atoms with Crippen molar-refractivity contribution in [1.82, 2.24) is 9.80 Å². The summed E-state index contributed by atoms with van der Waals surface area (Å²) in [6.45, 7) is 6.80. The number of aromatic hydroxyl groups is 1. The molecular formula is C14H22N2O. The van der Waals surface area contributed by atoms with Gasteiger partial charge < -0.3 is 10.0 Å². The molecule has 0 bridgehead atoms. The van der Waals surface area contributed by atoms with Gasteiger partial charge in [-0.2, -0.15) is 0 Å². The number of rotatable bonds is 3. The van der Waals surface area contributed by atoms with Crippen LogP contribution in [0.1, 0.15) is 12.5 Å². The first-order chi connectivity index (χ1) is 8.16. The van der Waals surface area contributed by atoms with Crippen LogP contribution in [0.15, 0.2) is 24.3 Å². The summed E-state index contributed by atoms with van der Waals surface area (Å²) in [6.07, 6.45) is 0.927. The van der Waals surface area contributed by atoms with Crippen LogP contribution >= 0.6 is 0 Å². The second-order valence-electron chi connectivity index (χ2n) is 5.02. The second-order valence-corrected chi connectivity index (χ2v) is 5.02. The van der Waals surface area contributed by atoms with Crippen molar-refractivity contribution in [3.63, 3.8) is 0 Å². The molecule has 0 radical (unpaired) electrons. The van der Waals surface area contributed by atoms with Crippen LogP contribution in [0.4, 0.5) is 0 Å². The fraction of sp³-hybridized carbons (Fsp3) is 0.571. The van der Waals surface area contributed by atoms with Crippen LogP contribution in [0, 0.1) is 0 Å². The van der Waals surface area contributed by atoms with Gasteiger partial charge in [-0.3, -0.25) is 4.90 Å². The van der Waals surface area contributed by atoms with Gasteiger partial charge in [0.2, 0.25) is 0 Å². The lowest BCUT2D eigenvalue weighted by atomic mass is 10.0. The van der Waals surface area contributed by atoms with Gasteiger partial charge in [0.1, 0.15) is 5.75 Å². The van der Waals surface area contributed by atoms with E-state index in [4.69, 9.17) is 0 Å². The molecule has 0 spiro atoms. The smallest absolute Gasteiger partial charge is 0.118 e. The molecule has 3 nitrogen and oxygen atoms in total. The summed E-state index contributed by atoms with van der Waals surface area (Å²) >= 11 is 0. The van der Waals surface area contributed by atoms with Crippen molar-refractivity contribution >= 4 is 0 Å². The minimum absolute atomic E-state index is 0.425. The molecule has 1 aromatic carbocycles. The van der Waals surface area contributed by atoms with Gasteiger partial charge in [-0.25, -0.2) is 0 Å². The number of nitrogens with zero attached hydrogens (tertiary/aromatic N) is 2. The van der Waals surface area contributed by atoms with Crippen LogP contribution in [-0.2, 0) is 6.42 Å². The van der Waals surface area contributed by atoms with Crippen molar-refractivity contribution in [3.8, 4) is 5.75 Å². The van der Waals surface area contributed by atoms with E-state index in [1.54, 1.807) is 6.07 Å². The van der Waals surface area contributed by atoms with Crippen molar-refractivity contribution in [2.45, 2.75) is 19.4 Å². The summed E-state index contributed by atoms with van der Waals surface area (Å²) < 4.78 is 0. The SMILES string of the molecule is CC(Cc1ccccc1O)N1CCN(C)CC1. The highest BCUT2D eigenvalue weighted by Gasteiger charge is 2.19. The molecule has 1 aromatic rings. The molecule has 1 N–H and O–H groups in total. The Kier molecular flexibility index (Phi) is 4.02. The van der Waals surface area contributed by atoms with Crippen molar-refractivity contribution < 1.29 is 5.11 Å². The van der Waals surface area contributed by atoms with E-state index in [0.717, 1.165) is 38.2 Å². The molecule has 1 fully saturated rings. The molecule has 0 amide bonds. The monoisotopic (exact) mass is 234 g/mol. The van der Waals surface area contributed by atoms with Gasteiger partial charge in [0.15, 0.2) is 0 Å². The van der Waals surface area contributed by atoms with Gasteiger partial charge in [0.05, 0.1) is 0 Å². The number of phenolic OH excluding ortho intramolecular Hbond substituents is 1. The van der Waals surface area contributed by atoms with Gasteiger partial charge in [-0.15, -0.1) is 0 Å². The molecular weight excluding hydrogens is 212 g/mol. The number of hydrogen-bond donors (Lipinski definition) is 1. The zero-order chi connectivity index (χ0) is 12.3. The van der Waals surface area contributed by atoms with Gasteiger partial charge in [0.25, 0.3) is 0 Å². The maximum absolute atomic E-state index is 9.77. The Labute approximate surface area is 104 Å². The number of hydrogen-bond acceptors (Lipinski definition) is 3. The average Bonchev–Trinajstić information content (AvgIpc) is 2.33. The first kappa shape index (κ1) is 12.4. The van der Waals surface area contributed by atoms with Gasteiger partial charge in [-0.1, -0.05) is 18.2 Å². The number of benzene rings is 1. The lowest BCUT2D eigenvalue weighted by Gasteiger charge is -2.36. The predicted molar refractivity (Wildman–Crippen MR) is 70.3 cm³/mol. The van der Waals surface area contributed by atoms with Crippen LogP contribution in [0.2, 0.25) is 0 Å². The predicted octanol–water partition coefficient (Wildman–Crippen LogP) is 1.57. The molecule has 1 unspecified atom stereocenters. The highest BCUT2D eigenvalue weighted by Crippen LogP contribution is 2.19. The van der Waals surface area contributed by atoms with Crippen molar-refractivity contribution in [2.75, 3.05) is 33.2 Å². The second kappa shape index (κ2) is 5.52. The van der Waals surface area contributed by atoms with Crippen molar-refractivity contribution in [2.24, 2.45) is 0 Å². The third-order valence-corrected chi connectivity index (χ3v) is 3.67. The third kappa shape index (κ3) is 3.20. The highest BCUT2D eigenvalue weighted by molar-refractivity contribution is 5.32. The third-order valence-electron chi connectivity index (χ3n) is 3.67. The van der Waals surface area contributed by atoms with E-state index < -0.39 is 0 Å². The quantitative estimate of drug-likeness (QED) is 0.860. The van der Waals surface area contributed by atoms with Crippen LogP contribution in [-0.4, -0.2) is 54.2 Å². The lowest BCUT2D eigenvalue weighted by molar-refractivity contribution is 0.118. The van der Waals surface area contributed by atoms with Crippen LogP contribution in [0.5, 0.6) is 5.75 Å². The molecule has 1 heterocycles. The minimum Gasteiger partial charge on any atom is -0.508 e. The van der Waals surface area contributed by atoms with Crippen LogP contribution in [0.25, 0.3) is 0 Å². The molecule has 1 saturated heterocycles. The zero-order valence-corrected chi connectivity index (χ0v) is 10.8. The molecule has 0 aliphatic carbocycles. The maximum atomic E-state index is 9.77. The standard InChI is InChI=1S/C14H22N2O/c1-12(16-9-7-15(2)8-10-16)11-13-5-3-4-6-14(13)17/h3-6,12,17H,7-11H2,1-2H3. The summed E-state index contributed by atoms with van der Waals surface area (Å²) in [7, 11) is 2.17. The van der Waals surface area contributed by atoms with E-state index in [1.165, 1.54) is 0 Å². The van der Waals surface area contributed by atoms with E-state index in [0.29, 0.717) is 11.8 Å². The van der Waals surface area contributed by atoms with E-state index in [9.17, 15) is 5.11 Å². The number of likely N-dealkylation sites (N-methyl/N-ethyl adjacent to an activating group) is 1. The topological polar surface area (TPSA) is 26.7 Å². The number of piperazine rings is 1. The highest BCUT2D eigenvalue weighted by atomic mass is 16.3. The Morgan fingerprint density at radius 2 is 1.82 bits per heavy atom. The number of para-hydroxylation sites is 1. The summed E-state index contributed by atoms with van der Waals surface area (Å²) in [4.78, 5) is 4.87. The van der Waals surface area contributed by atoms with E-state index >= 15 is 0 Å². The van der Waals surface area contributed by atoms with Crippen LogP contribution < -0.4 is 0 Å². The van der Waals surface area contributed by atoms with Crippen molar-refractivity contribution in [1.29, 1.82) is 0 Å². The molecule has 94 valence electrons. The molecule has 1 atom stereocenters. The Bertz CT molecular complexity index is 359. The molecule has 2 rings (SSSR count). The number of phenols is 1. The minimum atomic E-state index is 0.425. The maximum Gasteiger partial charge on any atom is 0.118 e. The summed E-state index contributed by atoms with van der Waals surface area (Å²) in [5, 5.41) is 9.77. The molecule has 1 aliphatic rings. The Morgan fingerprint density at radius 1 is 1.18 bits per heavy atom. The van der Waals surface area contributed by atoms with Crippen LogP contribution in [0.3, 0.4) is 0 Å². The molecule has 0 aromatic heterocycles. The first-order valence-corrected chi connectivity index (χ1v) is 6.36. The lowest BCUT2D eigenvalue weighted by Crippen LogP contribution is -2.48. The first-order valence-electron chi connectivity index (χ1n) is 6.36. The summed E-state index contributed by atoms with van der Waals surface area (Å²) in [6, 6.07) is 8.15. The Hall–Kier alpha value is -1.06. The van der Waals surface area contributed by atoms with Crippen molar-refractivity contribution in [3.05, 3.63) is 29.8 Å². The zero-order valence-electron chi connectivity index (χ0n) is 10.8. The molecule has 1 aliphatic heterocycles. The van der Waals surface area contributed by atoms with E-state index in [1.807, 2.05) is 18.2 Å². The molecule has 3 heteroatoms. The Balaban J connectivity index is 1.93. The van der Waals surface area contributed by atoms with Gasteiger partial charge >= 0.3 is 0 Å². The molecule has 0 saturated carbocycles. The fourth-order valence-electron chi connectivity index (χ4n) is 2.39.